The van der Waals surface area contributed by atoms with Crippen LogP contribution in [0.2, 0.25) is 0 Å². The highest BCUT2D eigenvalue weighted by Gasteiger charge is 2.13. The molecule has 0 aliphatic carbocycles. The molecule has 0 radical (unpaired) electrons. The summed E-state index contributed by atoms with van der Waals surface area (Å²) >= 11 is 0. The molecule has 0 saturated carbocycles. The van der Waals surface area contributed by atoms with E-state index < -0.39 is 0 Å². The van der Waals surface area contributed by atoms with Crippen molar-refractivity contribution >= 4 is 22.8 Å². The van der Waals surface area contributed by atoms with Crippen LogP contribution in [-0.4, -0.2) is 36.8 Å². The van der Waals surface area contributed by atoms with Crippen molar-refractivity contribution in [2.24, 2.45) is 0 Å². The fourth-order valence-corrected chi connectivity index (χ4v) is 3.61. The minimum Gasteiger partial charge on any atom is -0.494 e. The number of hydrogen-bond donors (Lipinski definition) is 1. The zero-order chi connectivity index (χ0) is 22.9. The van der Waals surface area contributed by atoms with E-state index >= 15 is 0 Å². The van der Waals surface area contributed by atoms with Crippen LogP contribution in [0.3, 0.4) is 0 Å². The predicted molar refractivity (Wildman–Crippen MR) is 123 cm³/mol. The van der Waals surface area contributed by atoms with Crippen LogP contribution in [0.5, 0.6) is 5.75 Å². The molecule has 2 aromatic carbocycles. The maximum atomic E-state index is 13.3. The molecule has 0 aliphatic rings. The van der Waals surface area contributed by atoms with Crippen LogP contribution in [0.25, 0.3) is 27.8 Å². The SMILES string of the molecule is COc1cccc2c(C)nc(Nc3nccc(-c4cn(-c5ccc(F)cc5)nc4C)n3)nc12. The van der Waals surface area contributed by atoms with Crippen molar-refractivity contribution in [3.63, 3.8) is 0 Å². The third-order valence-corrected chi connectivity index (χ3v) is 5.25. The fourth-order valence-electron chi connectivity index (χ4n) is 3.61. The Morgan fingerprint density at radius 3 is 2.52 bits per heavy atom. The van der Waals surface area contributed by atoms with Crippen LogP contribution < -0.4 is 10.1 Å². The molecule has 0 spiro atoms. The van der Waals surface area contributed by atoms with Crippen molar-refractivity contribution in [2.45, 2.75) is 13.8 Å². The number of halogens is 1. The Bertz CT molecular complexity index is 1460. The number of anilines is 2. The molecule has 0 unspecified atom stereocenters. The molecule has 0 fully saturated rings. The van der Waals surface area contributed by atoms with E-state index in [9.17, 15) is 4.39 Å². The molecule has 5 rings (SSSR count). The lowest BCUT2D eigenvalue weighted by molar-refractivity contribution is 0.419. The highest BCUT2D eigenvalue weighted by atomic mass is 19.1. The van der Waals surface area contributed by atoms with Crippen molar-refractivity contribution in [2.75, 3.05) is 12.4 Å². The van der Waals surface area contributed by atoms with E-state index in [2.05, 4.69) is 30.4 Å². The third-order valence-electron chi connectivity index (χ3n) is 5.25. The van der Waals surface area contributed by atoms with Gasteiger partial charge in [-0.3, -0.25) is 5.32 Å². The molecule has 8 nitrogen and oxygen atoms in total. The quantitative estimate of drug-likeness (QED) is 0.420. The summed E-state index contributed by atoms with van der Waals surface area (Å²) in [5.41, 5.74) is 4.59. The van der Waals surface area contributed by atoms with E-state index in [0.717, 1.165) is 28.0 Å². The molecule has 33 heavy (non-hydrogen) atoms. The lowest BCUT2D eigenvalue weighted by Crippen LogP contribution is -2.04. The number of benzene rings is 2. The van der Waals surface area contributed by atoms with Crippen molar-refractivity contribution < 1.29 is 9.13 Å². The number of nitrogens with zero attached hydrogens (tertiary/aromatic N) is 6. The summed E-state index contributed by atoms with van der Waals surface area (Å²) in [6.45, 7) is 3.81. The van der Waals surface area contributed by atoms with Crippen LogP contribution in [-0.2, 0) is 0 Å². The van der Waals surface area contributed by atoms with E-state index in [1.165, 1.54) is 12.1 Å². The van der Waals surface area contributed by atoms with Crippen LogP contribution in [0.4, 0.5) is 16.3 Å². The second kappa shape index (κ2) is 8.27. The van der Waals surface area contributed by atoms with Crippen LogP contribution in [0.15, 0.2) is 60.9 Å². The normalized spacial score (nSPS) is 11.0. The van der Waals surface area contributed by atoms with E-state index in [0.29, 0.717) is 28.9 Å². The van der Waals surface area contributed by atoms with Gasteiger partial charge in [-0.2, -0.15) is 5.10 Å². The Kier molecular flexibility index (Phi) is 5.14. The average molecular weight is 441 g/mol. The Morgan fingerprint density at radius 2 is 1.73 bits per heavy atom. The summed E-state index contributed by atoms with van der Waals surface area (Å²) < 4.78 is 20.4. The average Bonchev–Trinajstić information content (AvgIpc) is 3.21. The molecule has 3 aromatic heterocycles. The molecule has 5 aromatic rings. The standard InChI is InChI=1S/C24H20FN7O/c1-14-18-5-4-6-21(33-3)22(18)29-24(27-14)30-23-26-12-11-20(28-23)19-13-32(31-15(19)2)17-9-7-16(25)8-10-17/h4-13H,1-3H3,(H,26,27,28,29,30). The van der Waals surface area contributed by atoms with Gasteiger partial charge in [0.2, 0.25) is 11.9 Å². The van der Waals surface area contributed by atoms with Gasteiger partial charge >= 0.3 is 0 Å². The highest BCUT2D eigenvalue weighted by Crippen LogP contribution is 2.27. The van der Waals surface area contributed by atoms with Gasteiger partial charge in [0.1, 0.15) is 17.1 Å². The van der Waals surface area contributed by atoms with E-state index in [1.807, 2.05) is 38.2 Å². The number of aromatic nitrogens is 6. The summed E-state index contributed by atoms with van der Waals surface area (Å²) in [4.78, 5) is 18.1. The topological polar surface area (TPSA) is 90.6 Å². The first-order valence-corrected chi connectivity index (χ1v) is 10.3. The number of ether oxygens (including phenoxy) is 1. The molecule has 0 saturated heterocycles. The second-order valence-electron chi connectivity index (χ2n) is 7.43. The fraction of sp³-hybridized carbons (Fsp3) is 0.125. The van der Waals surface area contributed by atoms with Crippen LogP contribution in [0.1, 0.15) is 11.4 Å². The minimum atomic E-state index is -0.293. The summed E-state index contributed by atoms with van der Waals surface area (Å²) in [6.07, 6.45) is 3.52. The number of para-hydroxylation sites is 1. The van der Waals surface area contributed by atoms with Gasteiger partial charge in [-0.05, 0) is 50.2 Å². The Hall–Kier alpha value is -4.40. The zero-order valence-corrected chi connectivity index (χ0v) is 18.2. The lowest BCUT2D eigenvalue weighted by Gasteiger charge is -2.10. The zero-order valence-electron chi connectivity index (χ0n) is 18.2. The Morgan fingerprint density at radius 1 is 0.909 bits per heavy atom. The maximum absolute atomic E-state index is 13.3. The number of rotatable bonds is 5. The van der Waals surface area contributed by atoms with Crippen LogP contribution in [0, 0.1) is 19.7 Å². The smallest absolute Gasteiger partial charge is 0.230 e. The first-order chi connectivity index (χ1) is 16.0. The minimum absolute atomic E-state index is 0.293. The number of aryl methyl sites for hydroxylation is 2. The van der Waals surface area contributed by atoms with Crippen molar-refractivity contribution in [1.29, 1.82) is 0 Å². The summed E-state index contributed by atoms with van der Waals surface area (Å²) in [5, 5.41) is 8.55. The van der Waals surface area contributed by atoms with Crippen molar-refractivity contribution in [1.82, 2.24) is 29.7 Å². The number of nitrogens with one attached hydrogen (secondary N) is 1. The summed E-state index contributed by atoms with van der Waals surface area (Å²) in [6, 6.07) is 13.7. The summed E-state index contributed by atoms with van der Waals surface area (Å²) in [5.74, 6) is 1.10. The second-order valence-corrected chi connectivity index (χ2v) is 7.43. The maximum Gasteiger partial charge on any atom is 0.230 e. The van der Waals surface area contributed by atoms with E-state index in [1.54, 1.807) is 36.2 Å². The van der Waals surface area contributed by atoms with Gasteiger partial charge in [-0.25, -0.2) is 29.0 Å². The molecule has 0 atom stereocenters. The Balaban J connectivity index is 1.48. The molecule has 0 amide bonds. The van der Waals surface area contributed by atoms with E-state index in [-0.39, 0.29) is 5.82 Å². The van der Waals surface area contributed by atoms with Crippen LogP contribution >= 0.6 is 0 Å². The number of fused-ring (bicyclic) bond motifs is 1. The first kappa shape index (κ1) is 20.5. The molecule has 9 heteroatoms. The van der Waals surface area contributed by atoms with Gasteiger partial charge in [0.25, 0.3) is 0 Å². The Labute approximate surface area is 189 Å². The number of methoxy groups -OCH3 is 1. The molecule has 3 heterocycles. The molecular weight excluding hydrogens is 421 g/mol. The molecular formula is C24H20FN7O. The van der Waals surface area contributed by atoms with Gasteiger partial charge in [0, 0.05) is 23.3 Å². The monoisotopic (exact) mass is 441 g/mol. The molecule has 1 N–H and O–H groups in total. The van der Waals surface area contributed by atoms with Gasteiger partial charge in [0.15, 0.2) is 0 Å². The number of hydrogen-bond acceptors (Lipinski definition) is 7. The van der Waals surface area contributed by atoms with Crippen molar-refractivity contribution in [3.8, 4) is 22.7 Å². The van der Waals surface area contributed by atoms with Gasteiger partial charge in [-0.15, -0.1) is 0 Å². The third kappa shape index (κ3) is 3.96. The molecule has 0 aliphatic heterocycles. The lowest BCUT2D eigenvalue weighted by atomic mass is 10.2. The van der Waals surface area contributed by atoms with Crippen molar-refractivity contribution in [3.05, 3.63) is 78.1 Å². The van der Waals surface area contributed by atoms with Gasteiger partial charge in [-0.1, -0.05) is 12.1 Å². The van der Waals surface area contributed by atoms with E-state index in [4.69, 9.17) is 4.74 Å². The van der Waals surface area contributed by atoms with Gasteiger partial charge in [0.05, 0.1) is 29.9 Å². The largest absolute Gasteiger partial charge is 0.494 e. The predicted octanol–water partition coefficient (Wildman–Crippen LogP) is 4.78. The highest BCUT2D eigenvalue weighted by molar-refractivity contribution is 5.87. The first-order valence-electron chi connectivity index (χ1n) is 10.3. The summed E-state index contributed by atoms with van der Waals surface area (Å²) in [7, 11) is 1.61. The van der Waals surface area contributed by atoms with Gasteiger partial charge < -0.3 is 4.74 Å². The molecule has 164 valence electrons. The molecule has 0 bridgehead atoms.